The molecule has 4 rings (SSSR count). The molecular weight excluding hydrogens is 402 g/mol. The van der Waals surface area contributed by atoms with Gasteiger partial charge in [-0.15, -0.1) is 0 Å². The first-order valence-electron chi connectivity index (χ1n) is 10.6. The number of rotatable bonds is 6. The lowest BCUT2D eigenvalue weighted by Gasteiger charge is -2.20. The van der Waals surface area contributed by atoms with Crippen molar-refractivity contribution in [2.24, 2.45) is 0 Å². The van der Waals surface area contributed by atoms with Crippen LogP contribution in [-0.4, -0.2) is 15.9 Å². The number of amides is 1. The minimum atomic E-state index is 0.0358. The van der Waals surface area contributed by atoms with Crippen molar-refractivity contribution in [1.82, 2.24) is 9.97 Å². The smallest absolute Gasteiger partial charge is 0.233 e. The Morgan fingerprint density at radius 1 is 1.03 bits per heavy atom. The number of anilines is 1. The number of nitrogens with zero attached hydrogens (tertiary/aromatic N) is 3. The fraction of sp³-hybridized carbons (Fsp3) is 0.269. The summed E-state index contributed by atoms with van der Waals surface area (Å²) in [6.45, 7) is 8.99. The van der Waals surface area contributed by atoms with E-state index in [2.05, 4.69) is 69.1 Å². The molecule has 2 heterocycles. The zero-order valence-corrected chi connectivity index (χ0v) is 19.2. The zero-order valence-electron chi connectivity index (χ0n) is 18.4. The first-order valence-corrected chi connectivity index (χ1v) is 11.4. The molecule has 0 N–H and O–H groups in total. The van der Waals surface area contributed by atoms with Gasteiger partial charge in [0.1, 0.15) is 0 Å². The van der Waals surface area contributed by atoms with E-state index < -0.39 is 0 Å². The van der Waals surface area contributed by atoms with Crippen molar-refractivity contribution in [2.45, 2.75) is 46.6 Å². The van der Waals surface area contributed by atoms with Gasteiger partial charge in [0, 0.05) is 12.4 Å². The summed E-state index contributed by atoms with van der Waals surface area (Å²) in [6.07, 6.45) is 3.89. The Labute approximate surface area is 187 Å². The average Bonchev–Trinajstić information content (AvgIpc) is 3.15. The maximum atomic E-state index is 13.4. The first-order chi connectivity index (χ1) is 14.9. The van der Waals surface area contributed by atoms with Gasteiger partial charge < -0.3 is 0 Å². The van der Waals surface area contributed by atoms with Gasteiger partial charge >= 0.3 is 0 Å². The Bertz CT molecular complexity index is 1160. The molecule has 158 valence electrons. The molecule has 0 atom stereocenters. The topological polar surface area (TPSA) is 46.1 Å². The molecule has 4 nitrogen and oxygen atoms in total. The molecule has 0 aliphatic heterocycles. The number of fused-ring (bicyclic) bond motifs is 1. The van der Waals surface area contributed by atoms with Crippen LogP contribution in [0.5, 0.6) is 0 Å². The molecule has 0 saturated carbocycles. The van der Waals surface area contributed by atoms with Gasteiger partial charge in [-0.2, -0.15) is 0 Å². The van der Waals surface area contributed by atoms with E-state index in [0.29, 0.717) is 18.9 Å². The predicted octanol–water partition coefficient (Wildman–Crippen LogP) is 6.21. The third-order valence-electron chi connectivity index (χ3n) is 5.59. The highest BCUT2D eigenvalue weighted by atomic mass is 32.1. The Morgan fingerprint density at radius 2 is 1.77 bits per heavy atom. The lowest BCUT2D eigenvalue weighted by atomic mass is 10.0. The monoisotopic (exact) mass is 429 g/mol. The van der Waals surface area contributed by atoms with E-state index in [9.17, 15) is 4.79 Å². The summed E-state index contributed by atoms with van der Waals surface area (Å²) in [5, 5.41) is 0.729. The standard InChI is InChI=1S/C26H27N3OS/c1-17(2)22-9-7-20(8-10-22)14-25(30)29(16-21-6-5-11-27-15-21)26-28-23-12-18(3)19(4)13-24(23)31-26/h5-13,15,17H,14,16H2,1-4H3. The minimum absolute atomic E-state index is 0.0358. The second kappa shape index (κ2) is 8.98. The molecule has 0 unspecified atom stereocenters. The molecule has 0 aliphatic rings. The molecule has 2 aromatic heterocycles. The summed E-state index contributed by atoms with van der Waals surface area (Å²) in [4.78, 5) is 24.2. The van der Waals surface area contributed by atoms with Gasteiger partial charge in [0.05, 0.1) is 23.2 Å². The minimum Gasteiger partial charge on any atom is -0.283 e. The molecule has 5 heteroatoms. The van der Waals surface area contributed by atoms with Crippen LogP contribution in [0.2, 0.25) is 0 Å². The van der Waals surface area contributed by atoms with Gasteiger partial charge in [0.2, 0.25) is 5.91 Å². The van der Waals surface area contributed by atoms with Gasteiger partial charge in [-0.05, 0) is 65.8 Å². The van der Waals surface area contributed by atoms with Crippen LogP contribution in [0.25, 0.3) is 10.2 Å². The number of pyridine rings is 1. The van der Waals surface area contributed by atoms with Crippen LogP contribution in [0.4, 0.5) is 5.13 Å². The van der Waals surface area contributed by atoms with Crippen LogP contribution >= 0.6 is 11.3 Å². The molecule has 0 spiro atoms. The second-order valence-corrected chi connectivity index (χ2v) is 9.32. The highest BCUT2D eigenvalue weighted by molar-refractivity contribution is 7.22. The van der Waals surface area contributed by atoms with E-state index >= 15 is 0 Å². The van der Waals surface area contributed by atoms with Gasteiger partial charge in [-0.25, -0.2) is 4.98 Å². The lowest BCUT2D eigenvalue weighted by molar-refractivity contribution is -0.118. The maximum absolute atomic E-state index is 13.4. The van der Waals surface area contributed by atoms with Crippen LogP contribution in [0.1, 0.15) is 47.6 Å². The Hall–Kier alpha value is -3.05. The average molecular weight is 430 g/mol. The number of thiazole rings is 1. The molecule has 1 amide bonds. The number of carbonyl (C=O) groups excluding carboxylic acids is 1. The summed E-state index contributed by atoms with van der Waals surface area (Å²) < 4.78 is 1.10. The number of hydrogen-bond donors (Lipinski definition) is 0. The van der Waals surface area contributed by atoms with E-state index in [-0.39, 0.29) is 5.91 Å². The zero-order chi connectivity index (χ0) is 22.0. The van der Waals surface area contributed by atoms with E-state index in [1.165, 1.54) is 16.7 Å². The number of benzene rings is 2. The van der Waals surface area contributed by atoms with Crippen molar-refractivity contribution < 1.29 is 4.79 Å². The van der Waals surface area contributed by atoms with Crippen LogP contribution in [0, 0.1) is 13.8 Å². The van der Waals surface area contributed by atoms with Gasteiger partial charge in [0.25, 0.3) is 0 Å². The molecule has 0 saturated heterocycles. The van der Waals surface area contributed by atoms with E-state index in [1.807, 2.05) is 12.1 Å². The largest absolute Gasteiger partial charge is 0.283 e. The molecule has 0 aliphatic carbocycles. The van der Waals surface area contributed by atoms with E-state index in [0.717, 1.165) is 26.5 Å². The number of hydrogen-bond acceptors (Lipinski definition) is 4. The number of aromatic nitrogens is 2. The summed E-state index contributed by atoms with van der Waals surface area (Å²) in [5.41, 5.74) is 6.66. The van der Waals surface area contributed by atoms with Gasteiger partial charge in [0.15, 0.2) is 5.13 Å². The lowest BCUT2D eigenvalue weighted by Crippen LogP contribution is -2.31. The fourth-order valence-electron chi connectivity index (χ4n) is 3.51. The third kappa shape index (κ3) is 4.83. The quantitative estimate of drug-likeness (QED) is 0.366. The van der Waals surface area contributed by atoms with Gasteiger partial charge in [-0.3, -0.25) is 14.7 Å². The predicted molar refractivity (Wildman–Crippen MR) is 129 cm³/mol. The molecule has 0 radical (unpaired) electrons. The second-order valence-electron chi connectivity index (χ2n) is 8.31. The molecule has 0 fully saturated rings. The fourth-order valence-corrected chi connectivity index (χ4v) is 4.57. The van der Waals surface area contributed by atoms with Crippen molar-refractivity contribution in [3.8, 4) is 0 Å². The van der Waals surface area contributed by atoms with Gasteiger partial charge in [-0.1, -0.05) is 55.5 Å². The first kappa shape index (κ1) is 21.2. The summed E-state index contributed by atoms with van der Waals surface area (Å²) >= 11 is 1.57. The van der Waals surface area contributed by atoms with Crippen LogP contribution in [0.15, 0.2) is 60.9 Å². The van der Waals surface area contributed by atoms with Crippen molar-refractivity contribution >= 4 is 32.6 Å². The summed E-state index contributed by atoms with van der Waals surface area (Å²) in [5.74, 6) is 0.509. The van der Waals surface area contributed by atoms with Crippen molar-refractivity contribution in [3.05, 3.63) is 88.7 Å². The van der Waals surface area contributed by atoms with E-state index in [4.69, 9.17) is 4.98 Å². The molecule has 31 heavy (non-hydrogen) atoms. The van der Waals surface area contributed by atoms with Crippen LogP contribution < -0.4 is 4.90 Å². The van der Waals surface area contributed by atoms with Crippen molar-refractivity contribution in [1.29, 1.82) is 0 Å². The Balaban J connectivity index is 1.66. The normalized spacial score (nSPS) is 11.3. The SMILES string of the molecule is Cc1cc2nc(N(Cc3cccnc3)C(=O)Cc3ccc(C(C)C)cc3)sc2cc1C. The highest BCUT2D eigenvalue weighted by Crippen LogP contribution is 2.32. The van der Waals surface area contributed by atoms with Crippen molar-refractivity contribution in [2.75, 3.05) is 4.90 Å². The molecular formula is C26H27N3OS. The Morgan fingerprint density at radius 3 is 2.45 bits per heavy atom. The summed E-state index contributed by atoms with van der Waals surface area (Å²) in [7, 11) is 0. The summed E-state index contributed by atoms with van der Waals surface area (Å²) in [6, 6.07) is 16.5. The molecule has 2 aromatic carbocycles. The van der Waals surface area contributed by atoms with Crippen molar-refractivity contribution in [3.63, 3.8) is 0 Å². The molecule has 4 aromatic rings. The number of aryl methyl sites for hydroxylation is 2. The van der Waals surface area contributed by atoms with Crippen LogP contribution in [-0.2, 0) is 17.8 Å². The van der Waals surface area contributed by atoms with Crippen LogP contribution in [0.3, 0.4) is 0 Å². The van der Waals surface area contributed by atoms with E-state index in [1.54, 1.807) is 28.6 Å². The number of carbonyl (C=O) groups is 1. The maximum Gasteiger partial charge on any atom is 0.233 e. The Kier molecular flexibility index (Phi) is 6.14. The highest BCUT2D eigenvalue weighted by Gasteiger charge is 2.21. The third-order valence-corrected chi connectivity index (χ3v) is 6.63. The molecule has 0 bridgehead atoms.